The number of nitrogens with zero attached hydrogens (tertiary/aromatic N) is 1. The average molecular weight is 268 g/mol. The molecular formula is C18H24N2. The molecule has 0 saturated heterocycles. The van der Waals surface area contributed by atoms with Gasteiger partial charge in [0.05, 0.1) is 0 Å². The monoisotopic (exact) mass is 268 g/mol. The largest absolute Gasteiger partial charge is 0.370 e. The van der Waals surface area contributed by atoms with Gasteiger partial charge in [0.25, 0.3) is 0 Å². The molecule has 0 bridgehead atoms. The number of hydrogen-bond acceptors (Lipinski definition) is 2. The standard InChI is InChI=1S/C18H24N2/c1-4-19-13-16-8-10-17(11-9-16)14-20(3)18-7-5-6-15(2)12-18/h5-12,19H,4,13-14H2,1-3H3. The van der Waals surface area contributed by atoms with Crippen molar-refractivity contribution in [1.82, 2.24) is 5.32 Å². The van der Waals surface area contributed by atoms with E-state index in [1.54, 1.807) is 0 Å². The van der Waals surface area contributed by atoms with Crippen LogP contribution in [0.1, 0.15) is 23.6 Å². The number of rotatable bonds is 6. The van der Waals surface area contributed by atoms with E-state index in [1.165, 1.54) is 22.4 Å². The molecule has 0 aliphatic rings. The van der Waals surface area contributed by atoms with Crippen LogP contribution in [0.25, 0.3) is 0 Å². The average Bonchev–Trinajstić information content (AvgIpc) is 2.46. The van der Waals surface area contributed by atoms with Crippen molar-refractivity contribution in [3.8, 4) is 0 Å². The normalized spacial score (nSPS) is 10.6. The maximum atomic E-state index is 3.35. The zero-order valence-corrected chi connectivity index (χ0v) is 12.7. The van der Waals surface area contributed by atoms with E-state index >= 15 is 0 Å². The van der Waals surface area contributed by atoms with Crippen LogP contribution in [0, 0.1) is 6.92 Å². The van der Waals surface area contributed by atoms with Crippen LogP contribution >= 0.6 is 0 Å². The Kier molecular flexibility index (Phi) is 5.19. The Morgan fingerprint density at radius 2 is 1.70 bits per heavy atom. The fourth-order valence-electron chi connectivity index (χ4n) is 2.26. The van der Waals surface area contributed by atoms with Gasteiger partial charge in [0.2, 0.25) is 0 Å². The molecule has 0 amide bonds. The van der Waals surface area contributed by atoms with Gasteiger partial charge in [-0.25, -0.2) is 0 Å². The van der Waals surface area contributed by atoms with Crippen LogP contribution in [0.5, 0.6) is 0 Å². The Hall–Kier alpha value is -1.80. The summed E-state index contributed by atoms with van der Waals surface area (Å²) >= 11 is 0. The Morgan fingerprint density at radius 1 is 1.00 bits per heavy atom. The van der Waals surface area contributed by atoms with Crippen molar-refractivity contribution in [2.24, 2.45) is 0 Å². The van der Waals surface area contributed by atoms with Crippen LogP contribution in [0.2, 0.25) is 0 Å². The van der Waals surface area contributed by atoms with Crippen molar-refractivity contribution in [3.05, 3.63) is 65.2 Å². The van der Waals surface area contributed by atoms with Gasteiger partial charge < -0.3 is 10.2 Å². The van der Waals surface area contributed by atoms with Crippen molar-refractivity contribution in [3.63, 3.8) is 0 Å². The highest BCUT2D eigenvalue weighted by Crippen LogP contribution is 2.17. The molecule has 0 spiro atoms. The zero-order valence-electron chi connectivity index (χ0n) is 12.7. The molecule has 0 heterocycles. The van der Waals surface area contributed by atoms with E-state index in [-0.39, 0.29) is 0 Å². The number of benzene rings is 2. The van der Waals surface area contributed by atoms with Gasteiger partial charge in [-0.3, -0.25) is 0 Å². The SMILES string of the molecule is CCNCc1ccc(CN(C)c2cccc(C)c2)cc1. The smallest absolute Gasteiger partial charge is 0.0426 e. The first-order valence-corrected chi connectivity index (χ1v) is 7.25. The maximum absolute atomic E-state index is 3.35. The molecule has 2 aromatic carbocycles. The van der Waals surface area contributed by atoms with Gasteiger partial charge in [-0.1, -0.05) is 43.3 Å². The highest BCUT2D eigenvalue weighted by Gasteiger charge is 2.02. The van der Waals surface area contributed by atoms with Crippen LogP contribution in [0.4, 0.5) is 5.69 Å². The molecule has 0 aliphatic heterocycles. The topological polar surface area (TPSA) is 15.3 Å². The highest BCUT2D eigenvalue weighted by molar-refractivity contribution is 5.48. The lowest BCUT2D eigenvalue weighted by Gasteiger charge is -2.20. The minimum absolute atomic E-state index is 0.935. The number of aryl methyl sites for hydroxylation is 1. The lowest BCUT2D eigenvalue weighted by atomic mass is 10.1. The number of nitrogens with one attached hydrogen (secondary N) is 1. The van der Waals surface area contributed by atoms with Crippen LogP contribution in [0.15, 0.2) is 48.5 Å². The van der Waals surface area contributed by atoms with Crippen molar-refractivity contribution in [1.29, 1.82) is 0 Å². The summed E-state index contributed by atoms with van der Waals surface area (Å²) in [5.41, 5.74) is 5.25. The van der Waals surface area contributed by atoms with Crippen molar-refractivity contribution < 1.29 is 0 Å². The summed E-state index contributed by atoms with van der Waals surface area (Å²) in [6, 6.07) is 17.5. The second-order valence-corrected chi connectivity index (χ2v) is 5.29. The predicted octanol–water partition coefficient (Wildman–Crippen LogP) is 3.74. The molecular weight excluding hydrogens is 244 g/mol. The molecule has 106 valence electrons. The van der Waals surface area contributed by atoms with E-state index < -0.39 is 0 Å². The number of anilines is 1. The second kappa shape index (κ2) is 7.11. The highest BCUT2D eigenvalue weighted by atomic mass is 15.1. The van der Waals surface area contributed by atoms with Gasteiger partial charge in [0, 0.05) is 25.8 Å². The minimum Gasteiger partial charge on any atom is -0.370 e. The lowest BCUT2D eigenvalue weighted by molar-refractivity contribution is 0.726. The van der Waals surface area contributed by atoms with Gasteiger partial charge in [-0.05, 0) is 42.3 Å². The van der Waals surface area contributed by atoms with Crippen molar-refractivity contribution in [2.45, 2.75) is 26.9 Å². The molecule has 0 radical (unpaired) electrons. The molecule has 20 heavy (non-hydrogen) atoms. The molecule has 1 N–H and O–H groups in total. The molecule has 0 atom stereocenters. The Bertz CT molecular complexity index is 531. The molecule has 0 aliphatic carbocycles. The lowest BCUT2D eigenvalue weighted by Crippen LogP contribution is -2.16. The molecule has 2 rings (SSSR count). The first-order valence-electron chi connectivity index (χ1n) is 7.25. The predicted molar refractivity (Wildman–Crippen MR) is 87.1 cm³/mol. The zero-order chi connectivity index (χ0) is 14.4. The fraction of sp³-hybridized carbons (Fsp3) is 0.333. The molecule has 2 nitrogen and oxygen atoms in total. The third-order valence-electron chi connectivity index (χ3n) is 3.46. The van der Waals surface area contributed by atoms with E-state index in [0.29, 0.717) is 0 Å². The van der Waals surface area contributed by atoms with Crippen LogP contribution in [-0.4, -0.2) is 13.6 Å². The van der Waals surface area contributed by atoms with Crippen molar-refractivity contribution in [2.75, 3.05) is 18.5 Å². The molecule has 2 aromatic rings. The van der Waals surface area contributed by atoms with E-state index in [1.807, 2.05) is 0 Å². The van der Waals surface area contributed by atoms with Crippen LogP contribution < -0.4 is 10.2 Å². The summed E-state index contributed by atoms with van der Waals surface area (Å²) < 4.78 is 0. The third kappa shape index (κ3) is 4.10. The minimum atomic E-state index is 0.935. The quantitative estimate of drug-likeness (QED) is 0.858. The first-order chi connectivity index (χ1) is 9.69. The summed E-state index contributed by atoms with van der Waals surface area (Å²) in [6.45, 7) is 7.16. The van der Waals surface area contributed by atoms with Gasteiger partial charge in [0.15, 0.2) is 0 Å². The first kappa shape index (κ1) is 14.6. The Morgan fingerprint density at radius 3 is 2.35 bits per heavy atom. The summed E-state index contributed by atoms with van der Waals surface area (Å²) in [6.07, 6.45) is 0. The molecule has 0 saturated carbocycles. The van der Waals surface area contributed by atoms with Crippen molar-refractivity contribution >= 4 is 5.69 Å². The van der Waals surface area contributed by atoms with Gasteiger partial charge in [-0.2, -0.15) is 0 Å². The molecule has 0 unspecified atom stereocenters. The summed E-state index contributed by atoms with van der Waals surface area (Å²) in [5, 5.41) is 3.35. The van der Waals surface area contributed by atoms with Gasteiger partial charge >= 0.3 is 0 Å². The Balaban J connectivity index is 1.99. The summed E-state index contributed by atoms with van der Waals surface area (Å²) in [7, 11) is 2.14. The number of hydrogen-bond donors (Lipinski definition) is 1. The van der Waals surface area contributed by atoms with Crippen LogP contribution in [0.3, 0.4) is 0 Å². The fourth-order valence-corrected chi connectivity index (χ4v) is 2.26. The third-order valence-corrected chi connectivity index (χ3v) is 3.46. The maximum Gasteiger partial charge on any atom is 0.0426 e. The molecule has 0 fully saturated rings. The van der Waals surface area contributed by atoms with Crippen LogP contribution in [-0.2, 0) is 13.1 Å². The second-order valence-electron chi connectivity index (χ2n) is 5.29. The van der Waals surface area contributed by atoms with E-state index in [2.05, 4.69) is 79.6 Å². The van der Waals surface area contributed by atoms with E-state index in [0.717, 1.165) is 19.6 Å². The van der Waals surface area contributed by atoms with E-state index in [4.69, 9.17) is 0 Å². The summed E-state index contributed by atoms with van der Waals surface area (Å²) in [5.74, 6) is 0. The summed E-state index contributed by atoms with van der Waals surface area (Å²) in [4.78, 5) is 2.28. The van der Waals surface area contributed by atoms with Gasteiger partial charge in [0.1, 0.15) is 0 Å². The molecule has 0 aromatic heterocycles. The van der Waals surface area contributed by atoms with Gasteiger partial charge in [-0.15, -0.1) is 0 Å². The van der Waals surface area contributed by atoms with E-state index in [9.17, 15) is 0 Å². The molecule has 2 heteroatoms. The Labute approximate surface area is 122 Å².